The van der Waals surface area contributed by atoms with Crippen molar-refractivity contribution >= 4 is 17.6 Å². The third-order valence-electron chi connectivity index (χ3n) is 2.52. The van der Waals surface area contributed by atoms with Gasteiger partial charge in [0.05, 0.1) is 5.56 Å². The molecule has 0 N–H and O–H groups in total. The number of aromatic nitrogens is 1. The van der Waals surface area contributed by atoms with Gasteiger partial charge in [0.25, 0.3) is 0 Å². The van der Waals surface area contributed by atoms with E-state index in [1.54, 1.807) is 12.1 Å². The molecule has 1 aromatic carbocycles. The fourth-order valence-electron chi connectivity index (χ4n) is 1.52. The molecule has 0 fully saturated rings. The van der Waals surface area contributed by atoms with Crippen LogP contribution in [0.15, 0.2) is 48.7 Å². The summed E-state index contributed by atoms with van der Waals surface area (Å²) in [5.41, 5.74) is 1.34. The monoisotopic (exact) mass is 261 g/mol. The number of halogens is 1. The van der Waals surface area contributed by atoms with Crippen molar-refractivity contribution < 1.29 is 9.53 Å². The van der Waals surface area contributed by atoms with Crippen LogP contribution >= 0.6 is 11.6 Å². The maximum Gasteiger partial charge on any atom is 0.340 e. The molecule has 1 aromatic heterocycles. The molecule has 92 valence electrons. The molecule has 1 atom stereocenters. The lowest BCUT2D eigenvalue weighted by Crippen LogP contribution is -2.09. The number of rotatable bonds is 3. The SMILES string of the molecule is CC(OC(=O)c1ccc(Cl)nc1)c1ccccc1. The molecule has 0 saturated heterocycles. The van der Waals surface area contributed by atoms with Gasteiger partial charge in [-0.3, -0.25) is 0 Å². The lowest BCUT2D eigenvalue weighted by atomic mass is 10.1. The second-order valence-corrected chi connectivity index (χ2v) is 4.22. The van der Waals surface area contributed by atoms with Gasteiger partial charge in [0, 0.05) is 6.20 Å². The van der Waals surface area contributed by atoms with Gasteiger partial charge in [-0.05, 0) is 24.6 Å². The van der Waals surface area contributed by atoms with Gasteiger partial charge in [0.15, 0.2) is 0 Å². The van der Waals surface area contributed by atoms with Gasteiger partial charge >= 0.3 is 5.97 Å². The summed E-state index contributed by atoms with van der Waals surface area (Å²) in [6, 6.07) is 12.7. The number of ether oxygens (including phenoxy) is 1. The number of hydrogen-bond donors (Lipinski definition) is 0. The summed E-state index contributed by atoms with van der Waals surface area (Å²) < 4.78 is 5.34. The number of benzene rings is 1. The molecule has 1 heterocycles. The second-order valence-electron chi connectivity index (χ2n) is 3.83. The van der Waals surface area contributed by atoms with Gasteiger partial charge in [-0.1, -0.05) is 41.9 Å². The van der Waals surface area contributed by atoms with Crippen molar-refractivity contribution in [2.75, 3.05) is 0 Å². The zero-order valence-corrected chi connectivity index (χ0v) is 10.6. The number of hydrogen-bond acceptors (Lipinski definition) is 3. The van der Waals surface area contributed by atoms with Crippen LogP contribution in [-0.4, -0.2) is 11.0 Å². The third-order valence-corrected chi connectivity index (χ3v) is 2.74. The van der Waals surface area contributed by atoms with Gasteiger partial charge in [-0.25, -0.2) is 9.78 Å². The minimum Gasteiger partial charge on any atom is -0.454 e. The van der Waals surface area contributed by atoms with Crippen LogP contribution in [0.5, 0.6) is 0 Å². The van der Waals surface area contributed by atoms with Gasteiger partial charge in [-0.15, -0.1) is 0 Å². The standard InChI is InChI=1S/C14H12ClNO2/c1-10(11-5-3-2-4-6-11)18-14(17)12-7-8-13(15)16-9-12/h2-10H,1H3. The van der Waals surface area contributed by atoms with Crippen molar-refractivity contribution in [3.63, 3.8) is 0 Å². The lowest BCUT2D eigenvalue weighted by Gasteiger charge is -2.13. The summed E-state index contributed by atoms with van der Waals surface area (Å²) >= 11 is 5.65. The van der Waals surface area contributed by atoms with Crippen LogP contribution in [0.2, 0.25) is 5.15 Å². The molecular weight excluding hydrogens is 250 g/mol. The predicted octanol–water partition coefficient (Wildman–Crippen LogP) is 3.65. The third kappa shape index (κ3) is 3.08. The Kier molecular flexibility index (Phi) is 3.95. The highest BCUT2D eigenvalue weighted by Crippen LogP contribution is 2.18. The van der Waals surface area contributed by atoms with Crippen LogP contribution in [0, 0.1) is 0 Å². The molecule has 0 amide bonds. The largest absolute Gasteiger partial charge is 0.454 e. The van der Waals surface area contributed by atoms with E-state index in [-0.39, 0.29) is 6.10 Å². The van der Waals surface area contributed by atoms with Crippen molar-refractivity contribution in [3.8, 4) is 0 Å². The maximum atomic E-state index is 11.8. The highest BCUT2D eigenvalue weighted by molar-refractivity contribution is 6.29. The minimum atomic E-state index is -0.407. The Morgan fingerprint density at radius 3 is 2.56 bits per heavy atom. The minimum absolute atomic E-state index is 0.297. The van der Waals surface area contributed by atoms with E-state index in [0.717, 1.165) is 5.56 Å². The molecule has 3 nitrogen and oxygen atoms in total. The van der Waals surface area contributed by atoms with Gasteiger partial charge in [-0.2, -0.15) is 0 Å². The van der Waals surface area contributed by atoms with Crippen LogP contribution in [0.1, 0.15) is 28.9 Å². The van der Waals surface area contributed by atoms with Crippen molar-refractivity contribution in [3.05, 3.63) is 64.9 Å². The van der Waals surface area contributed by atoms with Gasteiger partial charge in [0.2, 0.25) is 0 Å². The predicted molar refractivity (Wildman–Crippen MR) is 69.5 cm³/mol. The van der Waals surface area contributed by atoms with E-state index >= 15 is 0 Å². The van der Waals surface area contributed by atoms with E-state index in [4.69, 9.17) is 16.3 Å². The lowest BCUT2D eigenvalue weighted by molar-refractivity contribution is 0.0337. The zero-order valence-electron chi connectivity index (χ0n) is 9.84. The number of carbonyl (C=O) groups is 1. The number of nitrogens with zero attached hydrogens (tertiary/aromatic N) is 1. The molecule has 0 aliphatic rings. The van der Waals surface area contributed by atoms with E-state index in [1.165, 1.54) is 6.20 Å². The summed E-state index contributed by atoms with van der Waals surface area (Å²) in [5.74, 6) is -0.407. The molecule has 0 aliphatic carbocycles. The Balaban J connectivity index is 2.06. The first kappa shape index (κ1) is 12.6. The molecule has 0 radical (unpaired) electrons. The Morgan fingerprint density at radius 1 is 1.22 bits per heavy atom. The van der Waals surface area contributed by atoms with Crippen molar-refractivity contribution in [1.82, 2.24) is 4.98 Å². The average molecular weight is 262 g/mol. The van der Waals surface area contributed by atoms with Gasteiger partial charge in [0.1, 0.15) is 11.3 Å². The zero-order chi connectivity index (χ0) is 13.0. The van der Waals surface area contributed by atoms with Crippen LogP contribution in [0.4, 0.5) is 0 Å². The Hall–Kier alpha value is -1.87. The highest BCUT2D eigenvalue weighted by atomic mass is 35.5. The van der Waals surface area contributed by atoms with Crippen LogP contribution in [0.25, 0.3) is 0 Å². The molecule has 0 aliphatic heterocycles. The van der Waals surface area contributed by atoms with Crippen LogP contribution in [-0.2, 0) is 4.74 Å². The second kappa shape index (κ2) is 5.65. The highest BCUT2D eigenvalue weighted by Gasteiger charge is 2.13. The van der Waals surface area contributed by atoms with Crippen molar-refractivity contribution in [2.45, 2.75) is 13.0 Å². The molecular formula is C14H12ClNO2. The number of carbonyl (C=O) groups excluding carboxylic acids is 1. The van der Waals surface area contributed by atoms with Crippen LogP contribution < -0.4 is 0 Å². The molecule has 2 rings (SSSR count). The fraction of sp³-hybridized carbons (Fsp3) is 0.143. The molecule has 18 heavy (non-hydrogen) atoms. The average Bonchev–Trinajstić information content (AvgIpc) is 2.40. The topological polar surface area (TPSA) is 39.2 Å². The van der Waals surface area contributed by atoms with E-state index in [2.05, 4.69) is 4.98 Å². The quantitative estimate of drug-likeness (QED) is 0.625. The van der Waals surface area contributed by atoms with Crippen molar-refractivity contribution in [1.29, 1.82) is 0 Å². The summed E-state index contributed by atoms with van der Waals surface area (Å²) in [6.45, 7) is 1.83. The van der Waals surface area contributed by atoms with Gasteiger partial charge < -0.3 is 4.74 Å². The van der Waals surface area contributed by atoms with E-state index in [9.17, 15) is 4.79 Å². The molecule has 0 bridgehead atoms. The molecule has 0 spiro atoms. The smallest absolute Gasteiger partial charge is 0.340 e. The Morgan fingerprint density at radius 2 is 1.94 bits per heavy atom. The molecule has 4 heteroatoms. The van der Waals surface area contributed by atoms with E-state index < -0.39 is 5.97 Å². The summed E-state index contributed by atoms with van der Waals surface area (Å²) in [5, 5.41) is 0.350. The first-order valence-electron chi connectivity index (χ1n) is 5.54. The van der Waals surface area contributed by atoms with E-state index in [1.807, 2.05) is 37.3 Å². The van der Waals surface area contributed by atoms with E-state index in [0.29, 0.717) is 10.7 Å². The summed E-state index contributed by atoms with van der Waals surface area (Å²) in [6.07, 6.45) is 1.11. The summed E-state index contributed by atoms with van der Waals surface area (Å²) in [7, 11) is 0. The number of pyridine rings is 1. The Bertz CT molecular complexity index is 525. The molecule has 2 aromatic rings. The fourth-order valence-corrected chi connectivity index (χ4v) is 1.63. The first-order valence-corrected chi connectivity index (χ1v) is 5.92. The first-order chi connectivity index (χ1) is 8.66. The van der Waals surface area contributed by atoms with Crippen molar-refractivity contribution in [2.24, 2.45) is 0 Å². The van der Waals surface area contributed by atoms with Crippen LogP contribution in [0.3, 0.4) is 0 Å². The normalized spacial score (nSPS) is 11.9. The summed E-state index contributed by atoms with van der Waals surface area (Å²) in [4.78, 5) is 15.7. The maximum absolute atomic E-state index is 11.8. The molecule has 1 unspecified atom stereocenters. The molecule has 0 saturated carbocycles. The number of esters is 1. The Labute approximate surface area is 110 Å².